The summed E-state index contributed by atoms with van der Waals surface area (Å²) < 4.78 is 3.31. The van der Waals surface area contributed by atoms with Crippen LogP contribution in [-0.4, -0.2) is 53.6 Å². The molecule has 2 saturated heterocycles. The molecule has 0 aliphatic carbocycles. The van der Waals surface area contributed by atoms with Crippen molar-refractivity contribution in [2.75, 3.05) is 31.1 Å². The lowest BCUT2D eigenvalue weighted by atomic mass is 9.83. The second-order valence-corrected chi connectivity index (χ2v) is 9.26. The Morgan fingerprint density at radius 1 is 1.15 bits per heavy atom. The first-order chi connectivity index (χ1) is 16.4. The van der Waals surface area contributed by atoms with Gasteiger partial charge in [-0.1, -0.05) is 55.6 Å². The van der Waals surface area contributed by atoms with Gasteiger partial charge in [-0.15, -0.1) is 0 Å². The molecular weight excluding hydrogens is 442 g/mol. The van der Waals surface area contributed by atoms with Crippen LogP contribution >= 0.6 is 11.9 Å². The Morgan fingerprint density at radius 2 is 1.79 bits per heavy atom. The van der Waals surface area contributed by atoms with Crippen molar-refractivity contribution < 1.29 is 4.79 Å². The number of nitrogens with zero attached hydrogens (tertiary/aromatic N) is 3. The summed E-state index contributed by atoms with van der Waals surface area (Å²) in [4.78, 5) is 19.2. The highest BCUT2D eigenvalue weighted by Crippen LogP contribution is 2.35. The van der Waals surface area contributed by atoms with E-state index in [0.717, 1.165) is 23.6 Å². The number of benzene rings is 2. The molecule has 0 aromatic heterocycles. The number of carbonyl (C=O) groups excluding carboxylic acids is 1. The smallest absolute Gasteiger partial charge is 0.246 e. The van der Waals surface area contributed by atoms with Crippen molar-refractivity contribution in [2.45, 2.75) is 46.7 Å². The van der Waals surface area contributed by atoms with Crippen LogP contribution in [0, 0.1) is 20.8 Å². The van der Waals surface area contributed by atoms with Crippen LogP contribution in [0.4, 0.5) is 5.69 Å². The lowest BCUT2D eigenvalue weighted by Crippen LogP contribution is -2.87. The molecule has 0 saturated carbocycles. The zero-order valence-corrected chi connectivity index (χ0v) is 22.2. The van der Waals surface area contributed by atoms with Gasteiger partial charge < -0.3 is 15.0 Å². The van der Waals surface area contributed by atoms with E-state index in [1.165, 1.54) is 22.3 Å². The zero-order chi connectivity index (χ0) is 24.9. The van der Waals surface area contributed by atoms with Crippen LogP contribution in [0.15, 0.2) is 47.5 Å². The molecule has 2 heterocycles. The van der Waals surface area contributed by atoms with E-state index in [4.69, 9.17) is 0 Å². The Morgan fingerprint density at radius 3 is 2.41 bits per heavy atom. The van der Waals surface area contributed by atoms with Gasteiger partial charge in [0.25, 0.3) is 0 Å². The number of amidine groups is 1. The van der Waals surface area contributed by atoms with E-state index in [0.29, 0.717) is 13.1 Å². The lowest BCUT2D eigenvalue weighted by molar-refractivity contribution is -0.143. The topological polar surface area (TPSA) is 60.0 Å². The summed E-state index contributed by atoms with van der Waals surface area (Å²) in [5.74, 6) is 0.986. The second kappa shape index (κ2) is 11.1. The van der Waals surface area contributed by atoms with Gasteiger partial charge in [0.1, 0.15) is 11.4 Å². The molecular formula is C27H37N5OS. The quantitative estimate of drug-likeness (QED) is 0.452. The highest BCUT2D eigenvalue weighted by atomic mass is 32.2. The molecule has 2 aliphatic rings. The number of aliphatic imine (C=N–C) groups is 1. The Kier molecular flexibility index (Phi) is 8.44. The normalized spacial score (nSPS) is 17.6. The van der Waals surface area contributed by atoms with Gasteiger partial charge in [0.2, 0.25) is 5.91 Å². The van der Waals surface area contributed by atoms with Crippen molar-refractivity contribution in [2.24, 2.45) is 4.99 Å². The van der Waals surface area contributed by atoms with Gasteiger partial charge in [-0.3, -0.25) is 9.79 Å². The molecule has 2 aromatic rings. The third-order valence-corrected chi connectivity index (χ3v) is 6.81. The van der Waals surface area contributed by atoms with Crippen LogP contribution in [0.1, 0.15) is 41.7 Å². The minimum Gasteiger partial charge on any atom is -0.334 e. The van der Waals surface area contributed by atoms with Crippen molar-refractivity contribution in [1.82, 2.24) is 15.3 Å². The number of amides is 1. The van der Waals surface area contributed by atoms with E-state index in [1.54, 1.807) is 25.1 Å². The maximum Gasteiger partial charge on any atom is 0.246 e. The maximum absolute atomic E-state index is 12.9. The number of aryl methyl sites for hydroxylation is 3. The van der Waals surface area contributed by atoms with Crippen LogP contribution in [0.3, 0.4) is 0 Å². The first kappa shape index (κ1) is 25.8. The minimum absolute atomic E-state index is 0.0293. The second-order valence-electron chi connectivity index (χ2n) is 8.64. The molecule has 2 N–H and O–H groups in total. The zero-order valence-electron chi connectivity index (χ0n) is 21.4. The third kappa shape index (κ3) is 5.15. The van der Waals surface area contributed by atoms with Gasteiger partial charge >= 0.3 is 0 Å². The predicted octanol–water partition coefficient (Wildman–Crippen LogP) is 4.97. The van der Waals surface area contributed by atoms with Gasteiger partial charge in [-0.25, -0.2) is 5.01 Å². The van der Waals surface area contributed by atoms with Crippen LogP contribution in [0.25, 0.3) is 6.08 Å². The number of rotatable bonds is 6. The summed E-state index contributed by atoms with van der Waals surface area (Å²) in [7, 11) is 1.80. The van der Waals surface area contributed by atoms with Crippen LogP contribution in [-0.2, 0) is 11.3 Å². The molecule has 1 amide bonds. The van der Waals surface area contributed by atoms with Crippen LogP contribution < -0.4 is 10.1 Å². The molecule has 1 spiro atoms. The van der Waals surface area contributed by atoms with Crippen LogP contribution in [0.5, 0.6) is 0 Å². The van der Waals surface area contributed by atoms with E-state index < -0.39 is 0 Å². The third-order valence-electron chi connectivity index (χ3n) is 6.38. The van der Waals surface area contributed by atoms with E-state index in [9.17, 15) is 4.79 Å². The number of hydrogen-bond donors (Lipinski definition) is 2. The molecule has 2 aliphatic heterocycles. The lowest BCUT2D eigenvalue weighted by Gasteiger charge is -2.62. The standard InChI is InChI=1S/C25H31N5OS.C2H6/c1-17-6-8-20(9-7-17)14-30-25(24(26-4)27-30)15-29(16-25)23(31)11-10-21-12-18(2)19(3)13-22(21)28-32-5;1-2/h6-13,28H,14-16H2,1-5H3,(H,26,27);1-2H3/b11-10+;. The molecule has 34 heavy (non-hydrogen) atoms. The molecule has 2 fully saturated rings. The number of nitrogens with one attached hydrogen (secondary N) is 2. The minimum atomic E-state index is -0.199. The molecule has 7 heteroatoms. The Labute approximate surface area is 208 Å². The van der Waals surface area contributed by atoms with Crippen molar-refractivity contribution in [3.63, 3.8) is 0 Å². The van der Waals surface area contributed by atoms with Gasteiger partial charge in [0, 0.05) is 25.9 Å². The Bertz CT molecular complexity index is 1070. The van der Waals surface area contributed by atoms with Crippen LogP contribution in [0.2, 0.25) is 0 Å². The first-order valence-corrected chi connectivity index (χ1v) is 13.0. The summed E-state index contributed by atoms with van der Waals surface area (Å²) in [6, 6.07) is 12.8. The van der Waals surface area contributed by atoms with Crippen molar-refractivity contribution in [3.8, 4) is 0 Å². The molecule has 4 rings (SSSR count). The predicted molar refractivity (Wildman–Crippen MR) is 146 cm³/mol. The van der Waals surface area contributed by atoms with Gasteiger partial charge in [0.15, 0.2) is 0 Å². The molecule has 6 nitrogen and oxygen atoms in total. The SMILES string of the molecule is CC.CN=C1NN(Cc2ccc(C)cc2)C12CN(C(=O)/C=C/c1cc(C)c(C)cc1NSC)C2. The first-order valence-electron chi connectivity index (χ1n) is 11.8. The monoisotopic (exact) mass is 479 g/mol. The number of hydrogen-bond acceptors (Lipinski definition) is 5. The van der Waals surface area contributed by atoms with E-state index in [2.05, 4.69) is 77.3 Å². The summed E-state index contributed by atoms with van der Waals surface area (Å²) in [6.45, 7) is 12.4. The summed E-state index contributed by atoms with van der Waals surface area (Å²) in [5.41, 5.74) is 10.1. The summed E-state index contributed by atoms with van der Waals surface area (Å²) in [6.07, 6.45) is 5.59. The Balaban J connectivity index is 0.00000158. The fourth-order valence-electron chi connectivity index (χ4n) is 4.24. The number of likely N-dealkylation sites (tertiary alicyclic amines) is 1. The fourth-order valence-corrected chi connectivity index (χ4v) is 4.64. The highest BCUT2D eigenvalue weighted by molar-refractivity contribution is 7.99. The molecule has 182 valence electrons. The van der Waals surface area contributed by atoms with Gasteiger partial charge in [-0.05, 0) is 61.2 Å². The number of anilines is 1. The molecule has 0 radical (unpaired) electrons. The summed E-state index contributed by atoms with van der Waals surface area (Å²) >= 11 is 1.55. The number of hydrazine groups is 1. The van der Waals surface area contributed by atoms with Crippen molar-refractivity contribution in [1.29, 1.82) is 0 Å². The maximum atomic E-state index is 12.9. The van der Waals surface area contributed by atoms with E-state index >= 15 is 0 Å². The van der Waals surface area contributed by atoms with Gasteiger partial charge in [0.05, 0.1) is 18.8 Å². The van der Waals surface area contributed by atoms with Crippen molar-refractivity contribution in [3.05, 3.63) is 70.3 Å². The Hall–Kier alpha value is -2.77. The fraction of sp³-hybridized carbons (Fsp3) is 0.407. The molecule has 0 unspecified atom stereocenters. The van der Waals surface area contributed by atoms with Gasteiger partial charge in [-0.2, -0.15) is 0 Å². The largest absolute Gasteiger partial charge is 0.334 e. The molecule has 0 atom stereocenters. The van der Waals surface area contributed by atoms with E-state index in [-0.39, 0.29) is 11.4 Å². The average Bonchev–Trinajstić information content (AvgIpc) is 2.79. The average molecular weight is 480 g/mol. The number of carbonyl (C=O) groups is 1. The van der Waals surface area contributed by atoms with E-state index in [1.807, 2.05) is 31.1 Å². The summed E-state index contributed by atoms with van der Waals surface area (Å²) in [5, 5.41) is 2.21. The highest BCUT2D eigenvalue weighted by Gasteiger charge is 2.59. The molecule has 0 bridgehead atoms. The van der Waals surface area contributed by atoms with Crippen molar-refractivity contribution >= 4 is 35.5 Å². The molecule has 2 aromatic carbocycles.